The smallest absolute Gasteiger partial charge is 0.227 e. The molecule has 1 fully saturated rings. The zero-order chi connectivity index (χ0) is 5.44. The summed E-state index contributed by atoms with van der Waals surface area (Å²) < 4.78 is 11.7. The van der Waals surface area contributed by atoms with Crippen LogP contribution in [0.15, 0.2) is 0 Å². The van der Waals surface area contributed by atoms with Crippen molar-refractivity contribution >= 4 is 16.8 Å². The standard InChI is InChI=1S/C4H4ClFO/c5-4(7)2-1-3(2)6/h2-3H,1H2/t2-,3+/m0/s1. The average molecular weight is 123 g/mol. The highest BCUT2D eigenvalue weighted by Crippen LogP contribution is 2.35. The third-order valence-corrected chi connectivity index (χ3v) is 1.28. The molecular weight excluding hydrogens is 118 g/mol. The van der Waals surface area contributed by atoms with Crippen molar-refractivity contribution in [2.75, 3.05) is 0 Å². The predicted octanol–water partition coefficient (Wildman–Crippen LogP) is 1.11. The molecule has 1 rings (SSSR count). The van der Waals surface area contributed by atoms with Crippen LogP contribution in [0, 0.1) is 5.92 Å². The summed E-state index contributed by atoms with van der Waals surface area (Å²) in [6.45, 7) is 0. The van der Waals surface area contributed by atoms with E-state index in [0.717, 1.165) is 0 Å². The third-order valence-electron chi connectivity index (χ3n) is 1.00. The molecule has 1 aliphatic rings. The minimum atomic E-state index is -0.940. The molecule has 3 heteroatoms. The summed E-state index contributed by atoms with van der Waals surface area (Å²) >= 11 is 4.89. The van der Waals surface area contributed by atoms with E-state index < -0.39 is 17.3 Å². The van der Waals surface area contributed by atoms with Gasteiger partial charge in [-0.25, -0.2) is 4.39 Å². The molecule has 2 atom stereocenters. The molecule has 0 bridgehead atoms. The van der Waals surface area contributed by atoms with Crippen LogP contribution in [0.2, 0.25) is 0 Å². The molecule has 0 amide bonds. The summed E-state index contributed by atoms with van der Waals surface area (Å²) in [7, 11) is 0. The molecule has 0 radical (unpaired) electrons. The summed E-state index contributed by atoms with van der Waals surface area (Å²) in [6, 6.07) is 0. The van der Waals surface area contributed by atoms with Crippen molar-refractivity contribution in [1.82, 2.24) is 0 Å². The summed E-state index contributed by atoms with van der Waals surface area (Å²) in [4.78, 5) is 9.94. The van der Waals surface area contributed by atoms with Crippen molar-refractivity contribution in [2.24, 2.45) is 5.92 Å². The SMILES string of the molecule is O=C(Cl)[C@H]1C[C@H]1F. The molecule has 0 N–H and O–H groups in total. The van der Waals surface area contributed by atoms with Crippen LogP contribution in [0.5, 0.6) is 0 Å². The largest absolute Gasteiger partial charge is 0.281 e. The first kappa shape index (κ1) is 5.04. The Bertz CT molecular complexity index is 104. The monoisotopic (exact) mass is 122 g/mol. The first-order chi connectivity index (χ1) is 3.22. The van der Waals surface area contributed by atoms with Crippen LogP contribution in [-0.2, 0) is 4.79 Å². The Balaban J connectivity index is 2.33. The molecular formula is C4H4ClFO. The van der Waals surface area contributed by atoms with Gasteiger partial charge in [-0.05, 0) is 18.0 Å². The fraction of sp³-hybridized carbons (Fsp3) is 0.750. The molecule has 1 aliphatic carbocycles. The number of rotatable bonds is 1. The highest BCUT2D eigenvalue weighted by molar-refractivity contribution is 6.64. The van der Waals surface area contributed by atoms with Crippen LogP contribution in [0.25, 0.3) is 0 Å². The third kappa shape index (κ3) is 0.911. The van der Waals surface area contributed by atoms with Gasteiger partial charge in [-0.15, -0.1) is 0 Å². The van der Waals surface area contributed by atoms with Crippen molar-refractivity contribution < 1.29 is 9.18 Å². The van der Waals surface area contributed by atoms with Gasteiger partial charge < -0.3 is 0 Å². The van der Waals surface area contributed by atoms with Crippen molar-refractivity contribution in [3.63, 3.8) is 0 Å². The van der Waals surface area contributed by atoms with E-state index in [1.807, 2.05) is 0 Å². The summed E-state index contributed by atoms with van der Waals surface area (Å²) in [6.07, 6.45) is -0.604. The molecule has 0 saturated heterocycles. The molecule has 0 unspecified atom stereocenters. The maximum Gasteiger partial charge on any atom is 0.227 e. The van der Waals surface area contributed by atoms with E-state index in [4.69, 9.17) is 11.6 Å². The van der Waals surface area contributed by atoms with E-state index in [0.29, 0.717) is 6.42 Å². The van der Waals surface area contributed by atoms with E-state index in [-0.39, 0.29) is 0 Å². The Hall–Kier alpha value is -0.110. The molecule has 0 aliphatic heterocycles. The van der Waals surface area contributed by atoms with Gasteiger partial charge in [-0.1, -0.05) is 0 Å². The van der Waals surface area contributed by atoms with Gasteiger partial charge in [0.1, 0.15) is 6.17 Å². The lowest BCUT2D eigenvalue weighted by Gasteiger charge is -1.75. The first-order valence-electron chi connectivity index (χ1n) is 2.05. The van der Waals surface area contributed by atoms with Crippen LogP contribution >= 0.6 is 11.6 Å². The van der Waals surface area contributed by atoms with Crippen molar-refractivity contribution in [3.05, 3.63) is 0 Å². The second-order valence-corrected chi connectivity index (χ2v) is 2.03. The Morgan fingerprint density at radius 2 is 2.29 bits per heavy atom. The summed E-state index contributed by atoms with van der Waals surface area (Å²) in [5, 5.41) is -0.535. The van der Waals surface area contributed by atoms with Crippen molar-refractivity contribution in [1.29, 1.82) is 0 Å². The lowest BCUT2D eigenvalue weighted by molar-refractivity contribution is -0.113. The molecule has 0 aromatic rings. The van der Waals surface area contributed by atoms with Gasteiger partial charge in [-0.3, -0.25) is 4.79 Å². The normalized spacial score (nSPS) is 38.0. The average Bonchev–Trinajstić information content (AvgIpc) is 2.17. The lowest BCUT2D eigenvalue weighted by atomic mass is 10.5. The maximum absolute atomic E-state index is 11.7. The molecule has 1 saturated carbocycles. The van der Waals surface area contributed by atoms with Gasteiger partial charge in [0.25, 0.3) is 0 Å². The number of hydrogen-bond acceptors (Lipinski definition) is 1. The van der Waals surface area contributed by atoms with E-state index in [1.165, 1.54) is 0 Å². The minimum absolute atomic E-state index is 0.336. The van der Waals surface area contributed by atoms with Gasteiger partial charge in [-0.2, -0.15) is 0 Å². The van der Waals surface area contributed by atoms with Crippen LogP contribution < -0.4 is 0 Å². The summed E-state index contributed by atoms with van der Waals surface area (Å²) in [5.41, 5.74) is 0. The fourth-order valence-electron chi connectivity index (χ4n) is 0.399. The quantitative estimate of drug-likeness (QED) is 0.476. The number of hydrogen-bond donors (Lipinski definition) is 0. The van der Waals surface area contributed by atoms with Gasteiger partial charge in [0.05, 0.1) is 5.92 Å². The molecule has 0 spiro atoms. The van der Waals surface area contributed by atoms with Gasteiger partial charge in [0.2, 0.25) is 5.24 Å². The van der Waals surface area contributed by atoms with Gasteiger partial charge in [0.15, 0.2) is 0 Å². The van der Waals surface area contributed by atoms with Crippen molar-refractivity contribution in [3.8, 4) is 0 Å². The molecule has 0 heterocycles. The van der Waals surface area contributed by atoms with Crippen LogP contribution in [0.4, 0.5) is 4.39 Å². The minimum Gasteiger partial charge on any atom is -0.281 e. The van der Waals surface area contributed by atoms with Gasteiger partial charge in [0, 0.05) is 0 Å². The topological polar surface area (TPSA) is 17.1 Å². The van der Waals surface area contributed by atoms with E-state index in [1.54, 1.807) is 0 Å². The zero-order valence-corrected chi connectivity index (χ0v) is 4.28. The highest BCUT2D eigenvalue weighted by atomic mass is 35.5. The molecule has 0 aromatic heterocycles. The van der Waals surface area contributed by atoms with E-state index in [9.17, 15) is 9.18 Å². The maximum atomic E-state index is 11.7. The number of carbonyl (C=O) groups excluding carboxylic acids is 1. The van der Waals surface area contributed by atoms with Crippen LogP contribution in [0.1, 0.15) is 6.42 Å². The van der Waals surface area contributed by atoms with Crippen LogP contribution in [-0.4, -0.2) is 11.4 Å². The molecule has 40 valence electrons. The molecule has 7 heavy (non-hydrogen) atoms. The number of alkyl halides is 1. The Labute approximate surface area is 45.5 Å². The van der Waals surface area contributed by atoms with Crippen LogP contribution in [0.3, 0.4) is 0 Å². The number of halogens is 2. The van der Waals surface area contributed by atoms with E-state index >= 15 is 0 Å². The second kappa shape index (κ2) is 1.44. The highest BCUT2D eigenvalue weighted by Gasteiger charge is 2.42. The first-order valence-corrected chi connectivity index (χ1v) is 2.43. The number of carbonyl (C=O) groups is 1. The Kier molecular flexibility index (Phi) is 1.04. The predicted molar refractivity (Wildman–Crippen MR) is 23.9 cm³/mol. The van der Waals surface area contributed by atoms with E-state index in [2.05, 4.69) is 0 Å². The van der Waals surface area contributed by atoms with Gasteiger partial charge >= 0.3 is 0 Å². The zero-order valence-electron chi connectivity index (χ0n) is 3.53. The second-order valence-electron chi connectivity index (χ2n) is 1.66. The Morgan fingerprint density at radius 3 is 2.29 bits per heavy atom. The Morgan fingerprint density at radius 1 is 1.86 bits per heavy atom. The van der Waals surface area contributed by atoms with Crippen molar-refractivity contribution in [2.45, 2.75) is 12.6 Å². The lowest BCUT2D eigenvalue weighted by Crippen LogP contribution is -1.89. The fourth-order valence-corrected chi connectivity index (χ4v) is 0.625. The molecule has 0 aromatic carbocycles. The molecule has 1 nitrogen and oxygen atoms in total. The summed E-state index contributed by atoms with van der Waals surface area (Å²) in [5.74, 6) is -0.471.